The lowest BCUT2D eigenvalue weighted by Crippen LogP contribution is -1.91. The van der Waals surface area contributed by atoms with Crippen LogP contribution in [0.15, 0.2) is 60.0 Å². The Kier molecular flexibility index (Phi) is 3.99. The molecule has 0 fully saturated rings. The second-order valence-corrected chi connectivity index (χ2v) is 4.66. The standard InChI is InChI=1S/C15H13FS/c1-2-12-7-6-10-15(16)14(12)11-17-13-8-4-3-5-9-13/h2-10H,1,11H2. The molecule has 0 heterocycles. The Morgan fingerprint density at radius 1 is 1.06 bits per heavy atom. The van der Waals surface area contributed by atoms with Crippen LogP contribution in [-0.2, 0) is 5.75 Å². The van der Waals surface area contributed by atoms with Crippen LogP contribution in [0.3, 0.4) is 0 Å². The van der Waals surface area contributed by atoms with E-state index in [1.165, 1.54) is 6.07 Å². The van der Waals surface area contributed by atoms with Gasteiger partial charge in [-0.3, -0.25) is 0 Å². The van der Waals surface area contributed by atoms with E-state index in [9.17, 15) is 4.39 Å². The van der Waals surface area contributed by atoms with Crippen LogP contribution in [0.4, 0.5) is 4.39 Å². The highest BCUT2D eigenvalue weighted by molar-refractivity contribution is 7.98. The van der Waals surface area contributed by atoms with Gasteiger partial charge < -0.3 is 0 Å². The summed E-state index contributed by atoms with van der Waals surface area (Å²) in [5.41, 5.74) is 1.59. The largest absolute Gasteiger partial charge is 0.207 e. The van der Waals surface area contributed by atoms with Gasteiger partial charge in [0.05, 0.1) is 0 Å². The summed E-state index contributed by atoms with van der Waals surface area (Å²) in [6.45, 7) is 3.71. The molecule has 0 saturated carbocycles. The van der Waals surface area contributed by atoms with Crippen LogP contribution in [0.1, 0.15) is 11.1 Å². The summed E-state index contributed by atoms with van der Waals surface area (Å²) in [6.07, 6.45) is 1.70. The summed E-state index contributed by atoms with van der Waals surface area (Å²) < 4.78 is 13.7. The van der Waals surface area contributed by atoms with Crippen molar-refractivity contribution in [2.45, 2.75) is 10.6 Å². The zero-order valence-electron chi connectivity index (χ0n) is 9.40. The third kappa shape index (κ3) is 2.98. The average molecular weight is 244 g/mol. The fraction of sp³-hybridized carbons (Fsp3) is 0.0667. The van der Waals surface area contributed by atoms with Gasteiger partial charge in [0.25, 0.3) is 0 Å². The van der Waals surface area contributed by atoms with Crippen molar-refractivity contribution in [2.24, 2.45) is 0 Å². The summed E-state index contributed by atoms with van der Waals surface area (Å²) in [6, 6.07) is 15.1. The van der Waals surface area contributed by atoms with Crippen LogP contribution in [-0.4, -0.2) is 0 Å². The molecule has 0 saturated heterocycles. The smallest absolute Gasteiger partial charge is 0.127 e. The van der Waals surface area contributed by atoms with Crippen molar-refractivity contribution < 1.29 is 4.39 Å². The lowest BCUT2D eigenvalue weighted by atomic mass is 10.1. The number of hydrogen-bond acceptors (Lipinski definition) is 1. The zero-order valence-corrected chi connectivity index (χ0v) is 10.2. The molecule has 2 rings (SSSR count). The van der Waals surface area contributed by atoms with Gasteiger partial charge >= 0.3 is 0 Å². The quantitative estimate of drug-likeness (QED) is 0.699. The van der Waals surface area contributed by atoms with Gasteiger partial charge in [0.1, 0.15) is 5.82 Å². The third-order valence-electron chi connectivity index (χ3n) is 2.50. The van der Waals surface area contributed by atoms with Gasteiger partial charge in [-0.2, -0.15) is 0 Å². The minimum atomic E-state index is -0.161. The molecule has 17 heavy (non-hydrogen) atoms. The lowest BCUT2D eigenvalue weighted by molar-refractivity contribution is 0.617. The van der Waals surface area contributed by atoms with Gasteiger partial charge in [-0.1, -0.05) is 43.0 Å². The zero-order chi connectivity index (χ0) is 12.1. The Morgan fingerprint density at radius 3 is 2.53 bits per heavy atom. The van der Waals surface area contributed by atoms with Crippen molar-refractivity contribution >= 4 is 17.8 Å². The van der Waals surface area contributed by atoms with E-state index < -0.39 is 0 Å². The number of thioether (sulfide) groups is 1. The Hall–Kier alpha value is -1.54. The molecule has 0 nitrogen and oxygen atoms in total. The van der Waals surface area contributed by atoms with Crippen molar-refractivity contribution in [3.63, 3.8) is 0 Å². The van der Waals surface area contributed by atoms with Gasteiger partial charge in [0, 0.05) is 16.2 Å². The Balaban J connectivity index is 2.16. The fourth-order valence-corrected chi connectivity index (χ4v) is 2.56. The van der Waals surface area contributed by atoms with E-state index in [1.54, 1.807) is 23.9 Å². The minimum Gasteiger partial charge on any atom is -0.207 e. The number of halogens is 1. The molecule has 0 atom stereocenters. The van der Waals surface area contributed by atoms with E-state index in [-0.39, 0.29) is 5.82 Å². The van der Waals surface area contributed by atoms with Crippen molar-refractivity contribution in [1.82, 2.24) is 0 Å². The molecular weight excluding hydrogens is 231 g/mol. The molecule has 0 aromatic heterocycles. The highest BCUT2D eigenvalue weighted by atomic mass is 32.2. The summed E-state index contributed by atoms with van der Waals surface area (Å²) in [4.78, 5) is 1.14. The van der Waals surface area contributed by atoms with E-state index in [0.29, 0.717) is 5.75 Å². The van der Waals surface area contributed by atoms with Crippen molar-refractivity contribution in [3.05, 3.63) is 72.1 Å². The maximum absolute atomic E-state index is 13.7. The minimum absolute atomic E-state index is 0.161. The first-order valence-corrected chi connectivity index (χ1v) is 6.37. The van der Waals surface area contributed by atoms with Crippen molar-refractivity contribution in [1.29, 1.82) is 0 Å². The SMILES string of the molecule is C=Cc1cccc(F)c1CSc1ccccc1. The molecule has 86 valence electrons. The number of benzene rings is 2. The van der Waals surface area contributed by atoms with Gasteiger partial charge in [-0.25, -0.2) is 4.39 Å². The first-order valence-electron chi connectivity index (χ1n) is 5.39. The molecule has 0 aliphatic rings. The van der Waals surface area contributed by atoms with E-state index in [1.807, 2.05) is 36.4 Å². The molecule has 0 N–H and O–H groups in total. The van der Waals surface area contributed by atoms with Crippen LogP contribution in [0.5, 0.6) is 0 Å². The maximum Gasteiger partial charge on any atom is 0.127 e. The summed E-state index contributed by atoms with van der Waals surface area (Å²) in [5.74, 6) is 0.462. The van der Waals surface area contributed by atoms with Crippen molar-refractivity contribution in [2.75, 3.05) is 0 Å². The molecule has 2 aromatic rings. The van der Waals surface area contributed by atoms with Gasteiger partial charge in [0.2, 0.25) is 0 Å². The second kappa shape index (κ2) is 5.69. The first-order chi connectivity index (χ1) is 8.31. The van der Waals surface area contributed by atoms with Crippen molar-refractivity contribution in [3.8, 4) is 0 Å². The van der Waals surface area contributed by atoms with E-state index in [4.69, 9.17) is 0 Å². The predicted octanol–water partition coefficient (Wildman–Crippen LogP) is 4.76. The number of hydrogen-bond donors (Lipinski definition) is 0. The maximum atomic E-state index is 13.7. The van der Waals surface area contributed by atoms with E-state index in [0.717, 1.165) is 16.0 Å². The fourth-order valence-electron chi connectivity index (χ4n) is 1.59. The summed E-state index contributed by atoms with van der Waals surface area (Å²) >= 11 is 1.63. The molecular formula is C15H13FS. The third-order valence-corrected chi connectivity index (χ3v) is 3.54. The Morgan fingerprint density at radius 2 is 1.82 bits per heavy atom. The Bertz CT molecular complexity index is 506. The van der Waals surface area contributed by atoms with E-state index in [2.05, 4.69) is 6.58 Å². The summed E-state index contributed by atoms with van der Waals surface area (Å²) in [5, 5.41) is 0. The molecule has 0 radical (unpaired) electrons. The van der Waals surface area contributed by atoms with E-state index >= 15 is 0 Å². The monoisotopic (exact) mass is 244 g/mol. The van der Waals surface area contributed by atoms with Crippen LogP contribution < -0.4 is 0 Å². The lowest BCUT2D eigenvalue weighted by Gasteiger charge is -2.07. The van der Waals surface area contributed by atoms with Gasteiger partial charge in [0.15, 0.2) is 0 Å². The molecule has 2 heteroatoms. The molecule has 0 unspecified atom stereocenters. The van der Waals surface area contributed by atoms with Gasteiger partial charge in [-0.05, 0) is 23.8 Å². The topological polar surface area (TPSA) is 0 Å². The predicted molar refractivity (Wildman–Crippen MR) is 72.5 cm³/mol. The second-order valence-electron chi connectivity index (χ2n) is 3.61. The van der Waals surface area contributed by atoms with Crippen LogP contribution >= 0.6 is 11.8 Å². The van der Waals surface area contributed by atoms with Crippen LogP contribution in [0, 0.1) is 5.82 Å². The highest BCUT2D eigenvalue weighted by Crippen LogP contribution is 2.26. The average Bonchev–Trinajstić information content (AvgIpc) is 2.38. The Labute approximate surface area is 105 Å². The molecule has 0 spiro atoms. The van der Waals surface area contributed by atoms with Gasteiger partial charge in [-0.15, -0.1) is 11.8 Å². The molecule has 0 bridgehead atoms. The first kappa shape index (κ1) is 11.9. The van der Waals surface area contributed by atoms with Crippen LogP contribution in [0.25, 0.3) is 6.08 Å². The highest BCUT2D eigenvalue weighted by Gasteiger charge is 2.06. The molecule has 2 aromatic carbocycles. The normalized spacial score (nSPS) is 10.2. The summed E-state index contributed by atoms with van der Waals surface area (Å²) in [7, 11) is 0. The molecule has 0 aliphatic heterocycles. The molecule has 0 aliphatic carbocycles. The molecule has 0 amide bonds. The van der Waals surface area contributed by atoms with Crippen LogP contribution in [0.2, 0.25) is 0 Å². The number of rotatable bonds is 4.